The van der Waals surface area contributed by atoms with Gasteiger partial charge >= 0.3 is 0 Å². The third-order valence-electron chi connectivity index (χ3n) is 3.69. The highest BCUT2D eigenvalue weighted by Gasteiger charge is 2.13. The van der Waals surface area contributed by atoms with E-state index in [1.54, 1.807) is 25.3 Å². The Hall–Kier alpha value is -2.67. The molecule has 0 unspecified atom stereocenters. The predicted octanol–water partition coefficient (Wildman–Crippen LogP) is 3.08. The number of halogens is 1. The van der Waals surface area contributed by atoms with Gasteiger partial charge in [0.2, 0.25) is 6.79 Å². The lowest BCUT2D eigenvalue weighted by molar-refractivity contribution is 0.174. The predicted molar refractivity (Wildman–Crippen MR) is 94.0 cm³/mol. The first-order valence-electron chi connectivity index (χ1n) is 7.25. The van der Waals surface area contributed by atoms with Crippen LogP contribution in [0.2, 0.25) is 0 Å². The lowest BCUT2D eigenvalue weighted by Gasteiger charge is -2.05. The van der Waals surface area contributed by atoms with E-state index in [0.717, 1.165) is 10.0 Å². The van der Waals surface area contributed by atoms with Gasteiger partial charge in [0.1, 0.15) is 5.82 Å². The molecule has 0 atom stereocenters. The summed E-state index contributed by atoms with van der Waals surface area (Å²) in [6, 6.07) is 10.9. The molecule has 0 aliphatic carbocycles. The maximum Gasteiger partial charge on any atom is 0.282 e. The van der Waals surface area contributed by atoms with Crippen molar-refractivity contribution < 1.29 is 9.47 Å². The van der Waals surface area contributed by atoms with Crippen molar-refractivity contribution in [2.45, 2.75) is 6.92 Å². The van der Waals surface area contributed by atoms with Crippen molar-refractivity contribution in [3.63, 3.8) is 0 Å². The summed E-state index contributed by atoms with van der Waals surface area (Å²) in [6.07, 6.45) is 1.60. The summed E-state index contributed by atoms with van der Waals surface area (Å²) < 4.78 is 12.7. The minimum absolute atomic E-state index is 0.212. The fourth-order valence-electron chi connectivity index (χ4n) is 2.51. The Morgan fingerprint density at radius 3 is 2.92 bits per heavy atom. The second kappa shape index (κ2) is 5.76. The first-order valence-corrected chi connectivity index (χ1v) is 8.04. The number of rotatable bonds is 2. The number of fused-ring (bicyclic) bond motifs is 2. The Morgan fingerprint density at radius 1 is 1.21 bits per heavy atom. The molecule has 0 saturated heterocycles. The number of aromatic nitrogens is 2. The monoisotopic (exact) mass is 385 g/mol. The standard InChI is InChI=1S/C17H12BrN3O3/c1-10-20-14-4-3-12(18)7-13(14)17(22)21(10)19-8-11-2-5-15-16(6-11)24-9-23-15/h2-8H,9H2,1H3. The van der Waals surface area contributed by atoms with Gasteiger partial charge in [0.15, 0.2) is 11.5 Å². The van der Waals surface area contributed by atoms with Crippen LogP contribution in [0.5, 0.6) is 11.5 Å². The Kier molecular flexibility index (Phi) is 3.57. The fourth-order valence-corrected chi connectivity index (χ4v) is 2.87. The second-order valence-electron chi connectivity index (χ2n) is 5.29. The van der Waals surface area contributed by atoms with E-state index in [2.05, 4.69) is 26.0 Å². The topological polar surface area (TPSA) is 65.7 Å². The van der Waals surface area contributed by atoms with Gasteiger partial charge < -0.3 is 9.47 Å². The van der Waals surface area contributed by atoms with Crippen LogP contribution in [-0.2, 0) is 0 Å². The van der Waals surface area contributed by atoms with Crippen LogP contribution in [0.4, 0.5) is 0 Å². The number of hydrogen-bond donors (Lipinski definition) is 0. The van der Waals surface area contributed by atoms with Gasteiger partial charge in [-0.3, -0.25) is 4.79 Å². The first-order chi connectivity index (χ1) is 11.6. The highest BCUT2D eigenvalue weighted by molar-refractivity contribution is 9.10. The molecular formula is C17H12BrN3O3. The normalized spacial score (nSPS) is 13.1. The van der Waals surface area contributed by atoms with Crippen LogP contribution < -0.4 is 15.0 Å². The molecule has 1 aromatic heterocycles. The number of aryl methyl sites for hydroxylation is 1. The SMILES string of the molecule is Cc1nc2ccc(Br)cc2c(=O)n1N=Cc1ccc2c(c1)OCO2. The summed E-state index contributed by atoms with van der Waals surface area (Å²) in [4.78, 5) is 17.1. The summed E-state index contributed by atoms with van der Waals surface area (Å²) in [6.45, 7) is 1.97. The molecule has 0 bridgehead atoms. The Balaban J connectivity index is 1.78. The van der Waals surface area contributed by atoms with Gasteiger partial charge in [-0.2, -0.15) is 9.78 Å². The molecule has 2 aromatic carbocycles. The number of hydrogen-bond acceptors (Lipinski definition) is 5. The van der Waals surface area contributed by atoms with E-state index in [4.69, 9.17) is 9.47 Å². The van der Waals surface area contributed by atoms with Gasteiger partial charge in [0.05, 0.1) is 17.1 Å². The molecule has 7 heteroatoms. The van der Waals surface area contributed by atoms with Crippen LogP contribution in [0.1, 0.15) is 11.4 Å². The minimum atomic E-state index is -0.212. The maximum atomic E-state index is 12.7. The Morgan fingerprint density at radius 2 is 2.04 bits per heavy atom. The van der Waals surface area contributed by atoms with Crippen molar-refractivity contribution in [2.24, 2.45) is 5.10 Å². The zero-order chi connectivity index (χ0) is 16.7. The van der Waals surface area contributed by atoms with E-state index in [-0.39, 0.29) is 12.4 Å². The van der Waals surface area contributed by atoms with Crippen LogP contribution in [0.25, 0.3) is 10.9 Å². The number of nitrogens with zero attached hydrogens (tertiary/aromatic N) is 3. The summed E-state index contributed by atoms with van der Waals surface area (Å²) >= 11 is 3.37. The molecule has 3 aromatic rings. The summed E-state index contributed by atoms with van der Waals surface area (Å²) in [5.41, 5.74) is 1.24. The van der Waals surface area contributed by atoms with Crippen LogP contribution >= 0.6 is 15.9 Å². The molecule has 0 amide bonds. The van der Waals surface area contributed by atoms with E-state index in [1.807, 2.05) is 24.3 Å². The Labute approximate surface area is 145 Å². The zero-order valence-electron chi connectivity index (χ0n) is 12.7. The van der Waals surface area contributed by atoms with E-state index in [9.17, 15) is 4.79 Å². The zero-order valence-corrected chi connectivity index (χ0v) is 14.3. The summed E-state index contributed by atoms with van der Waals surface area (Å²) in [7, 11) is 0. The summed E-state index contributed by atoms with van der Waals surface area (Å²) in [5, 5.41) is 4.80. The third kappa shape index (κ3) is 2.56. The molecule has 1 aliphatic heterocycles. The molecule has 24 heavy (non-hydrogen) atoms. The van der Waals surface area contributed by atoms with E-state index in [1.165, 1.54) is 4.68 Å². The van der Waals surface area contributed by atoms with Crippen LogP contribution in [0, 0.1) is 6.92 Å². The van der Waals surface area contributed by atoms with Crippen molar-refractivity contribution in [1.82, 2.24) is 9.66 Å². The fraction of sp³-hybridized carbons (Fsp3) is 0.118. The van der Waals surface area contributed by atoms with Gasteiger partial charge in [-0.1, -0.05) is 15.9 Å². The molecule has 0 radical (unpaired) electrons. The van der Waals surface area contributed by atoms with Gasteiger partial charge in [-0.25, -0.2) is 4.98 Å². The molecule has 1 aliphatic rings. The van der Waals surface area contributed by atoms with Crippen LogP contribution in [0.15, 0.2) is 50.8 Å². The Bertz CT molecular complexity index is 1040. The molecule has 0 saturated carbocycles. The van der Waals surface area contributed by atoms with Crippen molar-refractivity contribution in [3.8, 4) is 11.5 Å². The lowest BCUT2D eigenvalue weighted by Crippen LogP contribution is -2.20. The van der Waals surface area contributed by atoms with Crippen molar-refractivity contribution in [2.75, 3.05) is 6.79 Å². The quantitative estimate of drug-likeness (QED) is 0.635. The third-order valence-corrected chi connectivity index (χ3v) is 4.18. The van der Waals surface area contributed by atoms with Crippen LogP contribution in [-0.4, -0.2) is 22.7 Å². The molecule has 120 valence electrons. The molecule has 2 heterocycles. The second-order valence-corrected chi connectivity index (χ2v) is 6.21. The lowest BCUT2D eigenvalue weighted by atomic mass is 10.2. The van der Waals surface area contributed by atoms with Crippen molar-refractivity contribution in [3.05, 3.63) is 62.6 Å². The molecular weight excluding hydrogens is 374 g/mol. The average Bonchev–Trinajstić information content (AvgIpc) is 3.03. The number of ether oxygens (including phenoxy) is 2. The number of benzene rings is 2. The smallest absolute Gasteiger partial charge is 0.282 e. The van der Waals surface area contributed by atoms with E-state index < -0.39 is 0 Å². The van der Waals surface area contributed by atoms with Crippen molar-refractivity contribution >= 4 is 33.0 Å². The highest BCUT2D eigenvalue weighted by Crippen LogP contribution is 2.32. The van der Waals surface area contributed by atoms with Crippen molar-refractivity contribution in [1.29, 1.82) is 0 Å². The average molecular weight is 386 g/mol. The first kappa shape index (κ1) is 14.9. The minimum Gasteiger partial charge on any atom is -0.454 e. The van der Waals surface area contributed by atoms with E-state index in [0.29, 0.717) is 28.2 Å². The maximum absolute atomic E-state index is 12.7. The highest BCUT2D eigenvalue weighted by atomic mass is 79.9. The molecule has 0 spiro atoms. The van der Waals surface area contributed by atoms with E-state index >= 15 is 0 Å². The molecule has 4 rings (SSSR count). The molecule has 0 fully saturated rings. The molecule has 0 N–H and O–H groups in total. The van der Waals surface area contributed by atoms with Gasteiger partial charge in [0.25, 0.3) is 5.56 Å². The summed E-state index contributed by atoms with van der Waals surface area (Å²) in [5.74, 6) is 1.90. The van der Waals surface area contributed by atoms with Gasteiger partial charge in [-0.05, 0) is 48.9 Å². The van der Waals surface area contributed by atoms with Gasteiger partial charge in [0, 0.05) is 4.47 Å². The largest absolute Gasteiger partial charge is 0.454 e. The molecule has 6 nitrogen and oxygen atoms in total. The van der Waals surface area contributed by atoms with Gasteiger partial charge in [-0.15, -0.1) is 0 Å². The van der Waals surface area contributed by atoms with Crippen LogP contribution in [0.3, 0.4) is 0 Å².